The van der Waals surface area contributed by atoms with Crippen LogP contribution in [-0.4, -0.2) is 48.4 Å². The highest BCUT2D eigenvalue weighted by Gasteiger charge is 2.30. The van der Waals surface area contributed by atoms with E-state index in [4.69, 9.17) is 20.8 Å². The van der Waals surface area contributed by atoms with Gasteiger partial charge in [-0.1, -0.05) is 41.9 Å². The molecule has 0 amide bonds. The minimum Gasteiger partial charge on any atom is -0.497 e. The van der Waals surface area contributed by atoms with E-state index in [1.807, 2.05) is 54.6 Å². The molecule has 5 rings (SSSR count). The lowest BCUT2D eigenvalue weighted by Crippen LogP contribution is -2.48. The number of halogens is 1. The first-order valence-corrected chi connectivity index (χ1v) is 11.4. The maximum Gasteiger partial charge on any atom is 0.247 e. The highest BCUT2D eigenvalue weighted by Crippen LogP contribution is 2.32. The highest BCUT2D eigenvalue weighted by molar-refractivity contribution is 6.30. The third kappa shape index (κ3) is 4.72. The van der Waals surface area contributed by atoms with E-state index >= 15 is 0 Å². The van der Waals surface area contributed by atoms with Crippen molar-refractivity contribution in [2.45, 2.75) is 6.04 Å². The number of anilines is 1. The smallest absolute Gasteiger partial charge is 0.247 e. The first kappa shape index (κ1) is 21.5. The normalized spacial score (nSPS) is 15.4. The van der Waals surface area contributed by atoms with Crippen molar-refractivity contribution in [1.82, 2.24) is 15.1 Å². The third-order valence-electron chi connectivity index (χ3n) is 6.00. The molecule has 4 aromatic rings. The lowest BCUT2D eigenvalue weighted by atomic mass is 10.0. The first-order valence-electron chi connectivity index (χ1n) is 11.0. The lowest BCUT2D eigenvalue weighted by molar-refractivity contribution is 0.188. The molecular weight excluding hydrogens is 436 g/mol. The van der Waals surface area contributed by atoms with Crippen LogP contribution in [0.4, 0.5) is 5.69 Å². The number of hydrogen-bond acceptors (Lipinski definition) is 6. The van der Waals surface area contributed by atoms with Crippen LogP contribution >= 0.6 is 11.6 Å². The fraction of sp³-hybridized carbons (Fsp3) is 0.231. The standard InChI is InChI=1S/C26H25ClN4O2/c1-32-23-13-11-22(12-14-23)30-15-17-31(18-16-30)24(19-5-3-2-4-6-19)26-29-28-25(33-26)20-7-9-21(27)10-8-20/h2-14,24H,15-18H2,1H3/t24-/m0/s1. The molecule has 6 nitrogen and oxygen atoms in total. The Balaban J connectivity index is 1.37. The Morgan fingerprint density at radius 2 is 1.55 bits per heavy atom. The van der Waals surface area contributed by atoms with Crippen LogP contribution in [0.15, 0.2) is 83.3 Å². The summed E-state index contributed by atoms with van der Waals surface area (Å²) in [5, 5.41) is 9.45. The number of benzene rings is 3. The molecular formula is C26H25ClN4O2. The van der Waals surface area contributed by atoms with Crippen LogP contribution in [0.5, 0.6) is 5.75 Å². The van der Waals surface area contributed by atoms with Crippen LogP contribution < -0.4 is 9.64 Å². The van der Waals surface area contributed by atoms with Gasteiger partial charge in [-0.15, -0.1) is 10.2 Å². The summed E-state index contributed by atoms with van der Waals surface area (Å²) in [7, 11) is 1.69. The number of aromatic nitrogens is 2. The Bertz CT molecular complexity index is 1170. The maximum atomic E-state index is 6.18. The van der Waals surface area contributed by atoms with Crippen LogP contribution in [0.2, 0.25) is 5.02 Å². The summed E-state index contributed by atoms with van der Waals surface area (Å²) in [4.78, 5) is 4.81. The first-order chi connectivity index (χ1) is 16.2. The van der Waals surface area contributed by atoms with Gasteiger partial charge in [0.25, 0.3) is 0 Å². The van der Waals surface area contributed by atoms with E-state index in [0.29, 0.717) is 16.8 Å². The van der Waals surface area contributed by atoms with Crippen LogP contribution in [-0.2, 0) is 0 Å². The summed E-state index contributed by atoms with van der Waals surface area (Å²) in [5.74, 6) is 1.97. The quantitative estimate of drug-likeness (QED) is 0.388. The van der Waals surface area contributed by atoms with Gasteiger partial charge in [0.05, 0.1) is 7.11 Å². The molecule has 0 saturated carbocycles. The van der Waals surface area contributed by atoms with Gasteiger partial charge in [0, 0.05) is 42.5 Å². The van der Waals surface area contributed by atoms with Gasteiger partial charge in [-0.25, -0.2) is 0 Å². The minimum atomic E-state index is -0.0993. The Labute approximate surface area is 198 Å². The second kappa shape index (κ2) is 9.65. The monoisotopic (exact) mass is 460 g/mol. The molecule has 0 bridgehead atoms. The van der Waals surface area contributed by atoms with Crippen LogP contribution in [0, 0.1) is 0 Å². The van der Waals surface area contributed by atoms with E-state index in [-0.39, 0.29) is 6.04 Å². The van der Waals surface area contributed by atoms with E-state index in [2.05, 4.69) is 44.3 Å². The molecule has 0 aliphatic carbocycles. The molecule has 1 atom stereocenters. The summed E-state index contributed by atoms with van der Waals surface area (Å²) in [6, 6.07) is 25.9. The average molecular weight is 461 g/mol. The largest absolute Gasteiger partial charge is 0.497 e. The molecule has 0 spiro atoms. The van der Waals surface area contributed by atoms with E-state index in [0.717, 1.165) is 43.1 Å². The second-order valence-electron chi connectivity index (χ2n) is 7.99. The molecule has 3 aromatic carbocycles. The van der Waals surface area contributed by atoms with Crippen molar-refractivity contribution in [1.29, 1.82) is 0 Å². The lowest BCUT2D eigenvalue weighted by Gasteiger charge is -2.39. The van der Waals surface area contributed by atoms with Gasteiger partial charge in [-0.05, 0) is 54.1 Å². The summed E-state index contributed by atoms with van der Waals surface area (Å²) in [6.45, 7) is 3.58. The zero-order valence-corrected chi connectivity index (χ0v) is 19.2. The number of ether oxygens (including phenoxy) is 1. The van der Waals surface area contributed by atoms with Crippen molar-refractivity contribution >= 4 is 17.3 Å². The summed E-state index contributed by atoms with van der Waals surface area (Å²) in [5.41, 5.74) is 3.20. The Kier molecular flexibility index (Phi) is 6.28. The van der Waals surface area contributed by atoms with Gasteiger partial charge < -0.3 is 14.1 Å². The van der Waals surface area contributed by atoms with Crippen molar-refractivity contribution in [3.05, 3.63) is 95.3 Å². The summed E-state index contributed by atoms with van der Waals surface area (Å²) >= 11 is 6.02. The van der Waals surface area contributed by atoms with E-state index in [9.17, 15) is 0 Å². The number of hydrogen-bond donors (Lipinski definition) is 0. The molecule has 7 heteroatoms. The Morgan fingerprint density at radius 1 is 0.848 bits per heavy atom. The van der Waals surface area contributed by atoms with Gasteiger partial charge in [0.1, 0.15) is 11.8 Å². The van der Waals surface area contributed by atoms with Gasteiger partial charge in [-0.3, -0.25) is 4.90 Å². The van der Waals surface area contributed by atoms with Gasteiger partial charge in [-0.2, -0.15) is 0 Å². The van der Waals surface area contributed by atoms with Gasteiger partial charge in [0.2, 0.25) is 11.8 Å². The molecule has 1 aromatic heterocycles. The summed E-state index contributed by atoms with van der Waals surface area (Å²) in [6.07, 6.45) is 0. The molecule has 33 heavy (non-hydrogen) atoms. The topological polar surface area (TPSA) is 54.6 Å². The number of piperazine rings is 1. The van der Waals surface area contributed by atoms with Crippen molar-refractivity contribution in [3.63, 3.8) is 0 Å². The van der Waals surface area contributed by atoms with Gasteiger partial charge in [0.15, 0.2) is 0 Å². The molecule has 1 aliphatic heterocycles. The molecule has 168 valence electrons. The second-order valence-corrected chi connectivity index (χ2v) is 8.42. The molecule has 2 heterocycles. The highest BCUT2D eigenvalue weighted by atomic mass is 35.5. The van der Waals surface area contributed by atoms with Crippen LogP contribution in [0.3, 0.4) is 0 Å². The zero-order chi connectivity index (χ0) is 22.6. The number of rotatable bonds is 6. The van der Waals surface area contributed by atoms with Crippen molar-refractivity contribution in [2.75, 3.05) is 38.2 Å². The molecule has 0 unspecified atom stereocenters. The third-order valence-corrected chi connectivity index (χ3v) is 6.25. The molecule has 0 N–H and O–H groups in total. The maximum absolute atomic E-state index is 6.18. The van der Waals surface area contributed by atoms with E-state index < -0.39 is 0 Å². The average Bonchev–Trinajstić information content (AvgIpc) is 3.35. The number of methoxy groups -OCH3 is 1. The van der Waals surface area contributed by atoms with Gasteiger partial charge >= 0.3 is 0 Å². The van der Waals surface area contributed by atoms with Crippen molar-refractivity contribution in [2.24, 2.45) is 0 Å². The predicted molar refractivity (Wildman–Crippen MR) is 130 cm³/mol. The Hall–Kier alpha value is -3.35. The fourth-order valence-electron chi connectivity index (χ4n) is 4.23. The predicted octanol–water partition coefficient (Wildman–Crippen LogP) is 5.31. The molecule has 1 aliphatic rings. The van der Waals surface area contributed by atoms with Crippen molar-refractivity contribution in [3.8, 4) is 17.2 Å². The van der Waals surface area contributed by atoms with Crippen LogP contribution in [0.25, 0.3) is 11.5 Å². The molecule has 1 fully saturated rings. The molecule has 1 saturated heterocycles. The molecule has 0 radical (unpaired) electrons. The van der Waals surface area contributed by atoms with E-state index in [1.54, 1.807) is 7.11 Å². The zero-order valence-electron chi connectivity index (χ0n) is 18.4. The number of nitrogens with zero attached hydrogens (tertiary/aromatic N) is 4. The minimum absolute atomic E-state index is 0.0993. The van der Waals surface area contributed by atoms with E-state index in [1.165, 1.54) is 5.69 Å². The SMILES string of the molecule is COc1ccc(N2CCN([C@@H](c3ccccc3)c3nnc(-c4ccc(Cl)cc4)o3)CC2)cc1. The van der Waals surface area contributed by atoms with Crippen molar-refractivity contribution < 1.29 is 9.15 Å². The van der Waals surface area contributed by atoms with Crippen LogP contribution in [0.1, 0.15) is 17.5 Å². The fourth-order valence-corrected chi connectivity index (χ4v) is 4.36. The summed E-state index contributed by atoms with van der Waals surface area (Å²) < 4.78 is 11.5. The Morgan fingerprint density at radius 3 is 2.21 bits per heavy atom.